The molecule has 0 fully saturated rings. The topological polar surface area (TPSA) is 0 Å². The second-order valence-electron chi connectivity index (χ2n) is 1.83. The summed E-state index contributed by atoms with van der Waals surface area (Å²) in [6, 6.07) is 21.1. The van der Waals surface area contributed by atoms with Crippen LogP contribution in [0, 0.1) is 42.5 Å². The number of hydrogen-bond donors (Lipinski definition) is 0. The monoisotopic (exact) mass is 121 g/mol. The Kier molecular flexibility index (Phi) is 1.17. The highest BCUT2D eigenvalue weighted by atomic mass is 13.9. The van der Waals surface area contributed by atoms with Crippen LogP contribution in [0.5, 0.6) is 0 Å². The van der Waals surface area contributed by atoms with Crippen LogP contribution in [0.3, 0.4) is 0 Å². The molecule has 0 aromatic heterocycles. The van der Waals surface area contributed by atoms with Crippen LogP contribution in [-0.4, -0.2) is 0 Å². The maximum Gasteiger partial charge on any atom is -0.000000752 e. The predicted molar refractivity (Wildman–Crippen MR) is 35.8 cm³/mol. The molecule has 0 amide bonds. The fraction of sp³-hybridized carbons (Fsp3) is 0. The Morgan fingerprint density at radius 1 is 0.900 bits per heavy atom. The van der Waals surface area contributed by atoms with Gasteiger partial charge >= 0.3 is 0 Å². The molecule has 0 nitrogen and oxygen atoms in total. The van der Waals surface area contributed by atoms with Gasteiger partial charge in [0.1, 0.15) is 0 Å². The quantitative estimate of drug-likeness (QED) is 0.494. The standard InChI is InChI=1S/C10H/c1-2-6-10-8-4-3-7-9(10)5-1/h5H. The van der Waals surface area contributed by atoms with Crippen molar-refractivity contribution in [1.82, 2.24) is 0 Å². The third-order valence-corrected chi connectivity index (χ3v) is 1.19. The SMILES string of the molecule is [c]1[c][c]c2c[c][c][c]c2[c]1. The summed E-state index contributed by atoms with van der Waals surface area (Å²) in [6.45, 7) is 0. The summed E-state index contributed by atoms with van der Waals surface area (Å²) in [4.78, 5) is 0. The van der Waals surface area contributed by atoms with E-state index in [0.29, 0.717) is 0 Å². The Hall–Kier alpha value is -1.30. The first-order valence-corrected chi connectivity index (χ1v) is 2.83. The van der Waals surface area contributed by atoms with Crippen molar-refractivity contribution in [2.45, 2.75) is 0 Å². The average Bonchev–Trinajstić information content (AvgIpc) is 2.05. The Balaban J connectivity index is 2.89. The summed E-state index contributed by atoms with van der Waals surface area (Å²) in [6.07, 6.45) is 0. The van der Waals surface area contributed by atoms with Crippen molar-refractivity contribution < 1.29 is 0 Å². The van der Waals surface area contributed by atoms with Crippen LogP contribution in [0.25, 0.3) is 10.8 Å². The van der Waals surface area contributed by atoms with E-state index in [-0.39, 0.29) is 0 Å². The molecule has 0 aliphatic heterocycles. The van der Waals surface area contributed by atoms with Gasteiger partial charge in [0.25, 0.3) is 0 Å². The molecule has 0 bridgehead atoms. The van der Waals surface area contributed by atoms with Gasteiger partial charge in [0.2, 0.25) is 0 Å². The summed E-state index contributed by atoms with van der Waals surface area (Å²) >= 11 is 0. The highest BCUT2D eigenvalue weighted by Crippen LogP contribution is 2.07. The summed E-state index contributed by atoms with van der Waals surface area (Å²) in [5, 5.41) is 1.73. The summed E-state index contributed by atoms with van der Waals surface area (Å²) in [5.74, 6) is 0. The first-order valence-electron chi connectivity index (χ1n) is 2.83. The summed E-state index contributed by atoms with van der Waals surface area (Å²) < 4.78 is 0. The normalized spacial score (nSPS) is 10.0. The minimum atomic E-state index is 0.831. The number of hydrogen-bond acceptors (Lipinski definition) is 0. The first-order chi connectivity index (χ1) is 4.97. The molecule has 0 aliphatic rings. The van der Waals surface area contributed by atoms with Gasteiger partial charge in [-0.1, -0.05) is 0 Å². The lowest BCUT2D eigenvalue weighted by Gasteiger charge is -1.89. The van der Waals surface area contributed by atoms with Gasteiger partial charge < -0.3 is 0 Å². The van der Waals surface area contributed by atoms with E-state index in [9.17, 15) is 0 Å². The third-order valence-electron chi connectivity index (χ3n) is 1.19. The second-order valence-corrected chi connectivity index (χ2v) is 1.83. The van der Waals surface area contributed by atoms with Crippen LogP contribution in [0.1, 0.15) is 0 Å². The lowest BCUT2D eigenvalue weighted by Crippen LogP contribution is -1.71. The van der Waals surface area contributed by atoms with E-state index in [4.69, 9.17) is 0 Å². The summed E-state index contributed by atoms with van der Waals surface area (Å²) in [7, 11) is 0. The second kappa shape index (κ2) is 2.14. The van der Waals surface area contributed by atoms with Crippen LogP contribution in [-0.2, 0) is 0 Å². The molecule has 0 N–H and O–H groups in total. The van der Waals surface area contributed by atoms with Crippen LogP contribution in [0.2, 0.25) is 0 Å². The van der Waals surface area contributed by atoms with Crippen LogP contribution in [0.15, 0.2) is 6.07 Å². The Bertz CT molecular complexity index is 271. The van der Waals surface area contributed by atoms with Crippen LogP contribution in [0.4, 0.5) is 0 Å². The zero-order chi connectivity index (χ0) is 6.81. The van der Waals surface area contributed by atoms with Crippen molar-refractivity contribution in [1.29, 1.82) is 0 Å². The highest BCUT2D eigenvalue weighted by Gasteiger charge is 1.88. The first kappa shape index (κ1) is 5.48. The fourth-order valence-corrected chi connectivity index (χ4v) is 0.736. The van der Waals surface area contributed by atoms with Crippen molar-refractivity contribution in [3.05, 3.63) is 48.5 Å². The van der Waals surface area contributed by atoms with Gasteiger partial charge in [0.05, 0.1) is 0 Å². The molecule has 7 radical (unpaired) electrons. The Morgan fingerprint density at radius 2 is 1.70 bits per heavy atom. The molecule has 0 aliphatic carbocycles. The number of rotatable bonds is 0. The van der Waals surface area contributed by atoms with E-state index in [1.165, 1.54) is 0 Å². The molecular weight excluding hydrogens is 120 g/mol. The fourth-order valence-electron chi connectivity index (χ4n) is 0.736. The molecule has 2 aromatic rings. The van der Waals surface area contributed by atoms with E-state index < -0.39 is 0 Å². The van der Waals surface area contributed by atoms with Crippen LogP contribution >= 0.6 is 0 Å². The predicted octanol–water partition coefficient (Wildman–Crippen LogP) is 1.44. The Morgan fingerprint density at radius 3 is 2.60 bits per heavy atom. The molecule has 0 spiro atoms. The van der Waals surface area contributed by atoms with Crippen molar-refractivity contribution in [3.63, 3.8) is 0 Å². The smallest absolute Gasteiger partial charge is 0.000000752 e. The molecule has 0 heteroatoms. The number of benzene rings is 2. The van der Waals surface area contributed by atoms with Crippen molar-refractivity contribution in [2.75, 3.05) is 0 Å². The maximum atomic E-state index is 2.86. The molecular formula is C10H. The molecule has 0 atom stereocenters. The van der Waals surface area contributed by atoms with E-state index in [1.54, 1.807) is 6.07 Å². The molecule has 0 saturated heterocycles. The lowest BCUT2D eigenvalue weighted by atomic mass is 10.1. The van der Waals surface area contributed by atoms with Gasteiger partial charge in [0, 0.05) is 0 Å². The van der Waals surface area contributed by atoms with Gasteiger partial charge in [-0.2, -0.15) is 0 Å². The maximum absolute atomic E-state index is 2.86. The van der Waals surface area contributed by atoms with Gasteiger partial charge in [-0.05, 0) is 59.3 Å². The van der Waals surface area contributed by atoms with Crippen LogP contribution < -0.4 is 0 Å². The molecule has 2 aromatic carbocycles. The van der Waals surface area contributed by atoms with Gasteiger partial charge in [-0.3, -0.25) is 0 Å². The van der Waals surface area contributed by atoms with Gasteiger partial charge in [-0.15, -0.1) is 0 Å². The largest absolute Gasteiger partial charge is 0.0451 e. The van der Waals surface area contributed by atoms with Gasteiger partial charge in [0.15, 0.2) is 0 Å². The van der Waals surface area contributed by atoms with Crippen molar-refractivity contribution in [3.8, 4) is 0 Å². The minimum Gasteiger partial charge on any atom is -0.0451 e. The Labute approximate surface area is 60.1 Å². The third kappa shape index (κ3) is 0.781. The highest BCUT2D eigenvalue weighted by molar-refractivity contribution is 5.79. The molecule has 0 heterocycles. The molecule has 0 unspecified atom stereocenters. The van der Waals surface area contributed by atoms with E-state index in [0.717, 1.165) is 10.8 Å². The zero-order valence-electron chi connectivity index (χ0n) is 5.08. The van der Waals surface area contributed by atoms with Gasteiger partial charge in [-0.25, -0.2) is 0 Å². The van der Waals surface area contributed by atoms with Crippen molar-refractivity contribution >= 4 is 10.8 Å². The van der Waals surface area contributed by atoms with Crippen molar-refractivity contribution in [2.24, 2.45) is 0 Å². The molecule has 41 valence electrons. The molecule has 0 saturated carbocycles. The lowest BCUT2D eigenvalue weighted by molar-refractivity contribution is 1.67. The molecule has 10 heavy (non-hydrogen) atoms. The zero-order valence-corrected chi connectivity index (χ0v) is 5.08. The average molecular weight is 121 g/mol. The van der Waals surface area contributed by atoms with E-state index in [2.05, 4.69) is 42.5 Å². The summed E-state index contributed by atoms with van der Waals surface area (Å²) in [5.41, 5.74) is 0. The number of fused-ring (bicyclic) bond motifs is 1. The minimum absolute atomic E-state index is 0.831. The van der Waals surface area contributed by atoms with E-state index in [1.807, 2.05) is 0 Å². The molecule has 2 rings (SSSR count). The van der Waals surface area contributed by atoms with E-state index >= 15 is 0 Å².